The fraction of sp³-hybridized carbons (Fsp3) is 0.412. The Bertz CT molecular complexity index is 707. The molecule has 1 aliphatic carbocycles. The van der Waals surface area contributed by atoms with Crippen LogP contribution in [0.25, 0.3) is 0 Å². The second-order valence-corrected chi connectivity index (χ2v) is 7.16. The summed E-state index contributed by atoms with van der Waals surface area (Å²) in [7, 11) is 0. The number of benzene rings is 1. The monoisotopic (exact) mass is 298 g/mol. The Labute approximate surface area is 128 Å². The van der Waals surface area contributed by atoms with Gasteiger partial charge < -0.3 is 4.90 Å². The van der Waals surface area contributed by atoms with Crippen molar-refractivity contribution >= 4 is 27.9 Å². The van der Waals surface area contributed by atoms with Crippen LogP contribution in [0, 0.1) is 5.92 Å². The van der Waals surface area contributed by atoms with Crippen LogP contribution in [0.3, 0.4) is 0 Å². The second kappa shape index (κ2) is 4.95. The molecule has 0 bridgehead atoms. The van der Waals surface area contributed by atoms with E-state index < -0.39 is 0 Å². The number of aromatic nitrogens is 1. The molecule has 2 aromatic rings. The Balaban J connectivity index is 1.79. The van der Waals surface area contributed by atoms with Crippen molar-refractivity contribution in [1.82, 2.24) is 4.98 Å². The van der Waals surface area contributed by atoms with E-state index in [1.165, 1.54) is 16.1 Å². The van der Waals surface area contributed by atoms with Crippen molar-refractivity contribution in [2.75, 3.05) is 11.4 Å². The molecule has 4 rings (SSSR count). The standard InChI is InChI=1S/C17H18N2OS/c1-11-9-12-5-2-3-6-13(12)19(10-11)17-18-16-14(20)7-4-8-15(16)21-17/h2-3,5-6,11H,4,7-10H2,1H3. The predicted molar refractivity (Wildman–Crippen MR) is 85.7 cm³/mol. The quantitative estimate of drug-likeness (QED) is 0.798. The van der Waals surface area contributed by atoms with Gasteiger partial charge in [-0.1, -0.05) is 25.1 Å². The molecule has 1 atom stereocenters. The van der Waals surface area contributed by atoms with Crippen LogP contribution >= 0.6 is 11.3 Å². The highest BCUT2D eigenvalue weighted by Crippen LogP contribution is 2.39. The number of nitrogens with zero attached hydrogens (tertiary/aromatic N) is 2. The predicted octanol–water partition coefficient (Wildman–Crippen LogP) is 3.99. The number of carbonyl (C=O) groups excluding carboxylic acids is 1. The minimum absolute atomic E-state index is 0.220. The molecule has 108 valence electrons. The SMILES string of the molecule is CC1Cc2ccccc2N(c2nc3c(s2)CCCC3=O)C1. The zero-order valence-electron chi connectivity index (χ0n) is 12.1. The molecule has 1 aromatic heterocycles. The van der Waals surface area contributed by atoms with E-state index in [9.17, 15) is 4.79 Å². The smallest absolute Gasteiger partial charge is 0.190 e. The van der Waals surface area contributed by atoms with Gasteiger partial charge in [-0.05, 0) is 36.8 Å². The van der Waals surface area contributed by atoms with Crippen molar-refractivity contribution in [2.45, 2.75) is 32.6 Å². The molecule has 0 radical (unpaired) electrons. The van der Waals surface area contributed by atoms with Crippen molar-refractivity contribution in [2.24, 2.45) is 5.92 Å². The maximum absolute atomic E-state index is 12.0. The second-order valence-electron chi connectivity index (χ2n) is 6.09. The molecule has 0 N–H and O–H groups in total. The van der Waals surface area contributed by atoms with Crippen LogP contribution < -0.4 is 4.90 Å². The lowest BCUT2D eigenvalue weighted by atomic mass is 9.94. The summed E-state index contributed by atoms with van der Waals surface area (Å²) >= 11 is 1.71. The molecular formula is C17H18N2OS. The summed E-state index contributed by atoms with van der Waals surface area (Å²) in [4.78, 5) is 20.2. The lowest BCUT2D eigenvalue weighted by Crippen LogP contribution is -2.30. The number of ketones is 1. The molecule has 0 saturated carbocycles. The van der Waals surface area contributed by atoms with E-state index in [2.05, 4.69) is 41.1 Å². The Morgan fingerprint density at radius 1 is 1.29 bits per heavy atom. The zero-order chi connectivity index (χ0) is 14.4. The van der Waals surface area contributed by atoms with Gasteiger partial charge in [0.25, 0.3) is 0 Å². The summed E-state index contributed by atoms with van der Waals surface area (Å²) in [6.45, 7) is 3.26. The van der Waals surface area contributed by atoms with Gasteiger partial charge in [-0.3, -0.25) is 4.79 Å². The van der Waals surface area contributed by atoms with Crippen LogP contribution in [0.2, 0.25) is 0 Å². The fourth-order valence-corrected chi connectivity index (χ4v) is 4.49. The van der Waals surface area contributed by atoms with Gasteiger partial charge in [0.05, 0.1) is 0 Å². The number of hydrogen-bond donors (Lipinski definition) is 0. The van der Waals surface area contributed by atoms with Crippen molar-refractivity contribution in [3.05, 3.63) is 40.4 Å². The highest BCUT2D eigenvalue weighted by atomic mass is 32.1. The molecule has 0 spiro atoms. The number of Topliss-reactive ketones (excluding diaryl/α,β-unsaturated/α-hetero) is 1. The van der Waals surface area contributed by atoms with Crippen LogP contribution in [0.15, 0.2) is 24.3 Å². The summed E-state index contributed by atoms with van der Waals surface area (Å²) in [5.41, 5.74) is 3.38. The maximum Gasteiger partial charge on any atom is 0.190 e. The molecule has 0 saturated heterocycles. The number of fused-ring (bicyclic) bond motifs is 2. The first-order chi connectivity index (χ1) is 10.2. The highest BCUT2D eigenvalue weighted by molar-refractivity contribution is 7.16. The molecule has 1 aliphatic heterocycles. The van der Waals surface area contributed by atoms with E-state index in [0.29, 0.717) is 12.3 Å². The Morgan fingerprint density at radius 3 is 3.00 bits per heavy atom. The minimum Gasteiger partial charge on any atom is -0.317 e. The average molecular weight is 298 g/mol. The van der Waals surface area contributed by atoms with E-state index >= 15 is 0 Å². The summed E-state index contributed by atoms with van der Waals surface area (Å²) in [5.74, 6) is 0.827. The normalized spacial score (nSPS) is 21.1. The Hall–Kier alpha value is -1.68. The molecule has 1 unspecified atom stereocenters. The molecular weight excluding hydrogens is 280 g/mol. The zero-order valence-corrected chi connectivity index (χ0v) is 12.9. The summed E-state index contributed by atoms with van der Waals surface area (Å²) < 4.78 is 0. The third-order valence-electron chi connectivity index (χ3n) is 4.33. The molecule has 4 heteroatoms. The number of hydrogen-bond acceptors (Lipinski definition) is 4. The average Bonchev–Trinajstić information content (AvgIpc) is 2.92. The molecule has 0 amide bonds. The number of anilines is 2. The Kier molecular flexibility index (Phi) is 3.07. The first-order valence-corrected chi connectivity index (χ1v) is 8.42. The van der Waals surface area contributed by atoms with Gasteiger partial charge in [-0.15, -0.1) is 11.3 Å². The van der Waals surface area contributed by atoms with Crippen LogP contribution in [0.1, 0.15) is 40.7 Å². The largest absolute Gasteiger partial charge is 0.317 e. The molecule has 1 aromatic carbocycles. The topological polar surface area (TPSA) is 33.2 Å². The number of para-hydroxylation sites is 1. The number of thiazole rings is 1. The highest BCUT2D eigenvalue weighted by Gasteiger charge is 2.28. The molecule has 3 nitrogen and oxygen atoms in total. The first-order valence-electron chi connectivity index (χ1n) is 7.60. The van der Waals surface area contributed by atoms with Crippen molar-refractivity contribution in [3.63, 3.8) is 0 Å². The lowest BCUT2D eigenvalue weighted by molar-refractivity contribution is 0.0968. The number of rotatable bonds is 1. The summed E-state index contributed by atoms with van der Waals surface area (Å²) in [6.07, 6.45) is 3.75. The molecule has 2 heterocycles. The van der Waals surface area contributed by atoms with E-state index in [0.717, 1.165) is 36.6 Å². The van der Waals surface area contributed by atoms with E-state index in [1.807, 2.05) is 0 Å². The summed E-state index contributed by atoms with van der Waals surface area (Å²) in [5, 5.41) is 0.995. The van der Waals surface area contributed by atoms with Gasteiger partial charge in [0.2, 0.25) is 0 Å². The van der Waals surface area contributed by atoms with Crippen LogP contribution in [-0.2, 0) is 12.8 Å². The molecule has 2 aliphatic rings. The molecule has 0 fully saturated rings. The third kappa shape index (κ3) is 2.18. The van der Waals surface area contributed by atoms with Crippen molar-refractivity contribution in [1.29, 1.82) is 0 Å². The van der Waals surface area contributed by atoms with Gasteiger partial charge in [0.15, 0.2) is 10.9 Å². The third-order valence-corrected chi connectivity index (χ3v) is 5.47. The van der Waals surface area contributed by atoms with Gasteiger partial charge in [0.1, 0.15) is 5.69 Å². The van der Waals surface area contributed by atoms with E-state index in [4.69, 9.17) is 0 Å². The number of carbonyl (C=O) groups is 1. The van der Waals surface area contributed by atoms with Crippen LogP contribution in [-0.4, -0.2) is 17.3 Å². The van der Waals surface area contributed by atoms with E-state index in [1.54, 1.807) is 11.3 Å². The first kappa shape index (κ1) is 13.0. The lowest BCUT2D eigenvalue weighted by Gasteiger charge is -2.32. The Morgan fingerprint density at radius 2 is 2.14 bits per heavy atom. The van der Waals surface area contributed by atoms with Crippen LogP contribution in [0.5, 0.6) is 0 Å². The fourth-order valence-electron chi connectivity index (χ4n) is 3.35. The summed E-state index contributed by atoms with van der Waals surface area (Å²) in [6, 6.07) is 8.56. The van der Waals surface area contributed by atoms with E-state index in [-0.39, 0.29) is 5.78 Å². The van der Waals surface area contributed by atoms with Crippen molar-refractivity contribution < 1.29 is 4.79 Å². The maximum atomic E-state index is 12.0. The molecule has 21 heavy (non-hydrogen) atoms. The van der Waals surface area contributed by atoms with Gasteiger partial charge >= 0.3 is 0 Å². The van der Waals surface area contributed by atoms with Crippen LogP contribution in [0.4, 0.5) is 10.8 Å². The number of aryl methyl sites for hydroxylation is 1. The van der Waals surface area contributed by atoms with Gasteiger partial charge in [-0.25, -0.2) is 4.98 Å². The van der Waals surface area contributed by atoms with Gasteiger partial charge in [-0.2, -0.15) is 0 Å². The minimum atomic E-state index is 0.220. The van der Waals surface area contributed by atoms with Gasteiger partial charge in [0, 0.05) is 23.5 Å². The van der Waals surface area contributed by atoms with Crippen molar-refractivity contribution in [3.8, 4) is 0 Å².